The summed E-state index contributed by atoms with van der Waals surface area (Å²) in [6.07, 6.45) is 5.58. The Kier molecular flexibility index (Phi) is 1.90. The van der Waals surface area contributed by atoms with Crippen molar-refractivity contribution in [2.75, 3.05) is 12.5 Å². The molecule has 0 aromatic heterocycles. The molecule has 0 saturated heterocycles. The number of nitrogens with two attached hydrogens (primary N) is 1. The highest BCUT2D eigenvalue weighted by Gasteiger charge is 2.18. The van der Waals surface area contributed by atoms with Gasteiger partial charge in [-0.2, -0.15) is 0 Å². The lowest BCUT2D eigenvalue weighted by atomic mass is 10.6. The molecule has 3 nitrogen and oxygen atoms in total. The van der Waals surface area contributed by atoms with E-state index in [4.69, 9.17) is 5.14 Å². The quantitative estimate of drug-likeness (QED) is 0.666. The van der Waals surface area contributed by atoms with Crippen molar-refractivity contribution in [3.05, 3.63) is 21.8 Å². The predicted molar refractivity (Wildman–Crippen MR) is 49.8 cm³/mol. The van der Waals surface area contributed by atoms with Gasteiger partial charge in [0.15, 0.2) is 0 Å². The van der Waals surface area contributed by atoms with Gasteiger partial charge < -0.3 is 0 Å². The Labute approximate surface area is 68.3 Å². The summed E-state index contributed by atoms with van der Waals surface area (Å²) >= 11 is 0. The van der Waals surface area contributed by atoms with Gasteiger partial charge in [-0.1, -0.05) is 0 Å². The van der Waals surface area contributed by atoms with E-state index in [1.165, 1.54) is 0 Å². The smallest absolute Gasteiger partial charge is 0.225 e. The fourth-order valence-corrected chi connectivity index (χ4v) is 3.66. The molecule has 1 heterocycles. The summed E-state index contributed by atoms with van der Waals surface area (Å²) in [6.45, 7) is 0. The average molecular weight is 193 g/mol. The Bertz CT molecular complexity index is 324. The molecular formula is C6H11NO2S2. The fourth-order valence-electron chi connectivity index (χ4n) is 0.782. The first-order chi connectivity index (χ1) is 4.81. The van der Waals surface area contributed by atoms with E-state index in [2.05, 4.69) is 0 Å². The Morgan fingerprint density at radius 3 is 2.18 bits per heavy atom. The van der Waals surface area contributed by atoms with Crippen LogP contribution in [0.15, 0.2) is 21.8 Å². The van der Waals surface area contributed by atoms with Gasteiger partial charge in [-0.3, -0.25) is 0 Å². The van der Waals surface area contributed by atoms with Gasteiger partial charge in [0.25, 0.3) is 0 Å². The van der Waals surface area contributed by atoms with Crippen molar-refractivity contribution in [1.29, 1.82) is 0 Å². The minimum absolute atomic E-state index is 0.248. The Balaban J connectivity index is 3.09. The maximum absolute atomic E-state index is 10.8. The third-order valence-electron chi connectivity index (χ3n) is 1.33. The molecule has 1 rings (SSSR count). The van der Waals surface area contributed by atoms with Gasteiger partial charge in [-0.25, -0.2) is 23.6 Å². The maximum atomic E-state index is 10.8. The second-order valence-electron chi connectivity index (χ2n) is 2.86. The molecule has 11 heavy (non-hydrogen) atoms. The van der Waals surface area contributed by atoms with Crippen LogP contribution in [0.4, 0.5) is 0 Å². The van der Waals surface area contributed by atoms with Crippen LogP contribution >= 0.6 is 10.0 Å². The molecule has 0 radical (unpaired) electrons. The van der Waals surface area contributed by atoms with Crippen molar-refractivity contribution in [2.45, 2.75) is 0 Å². The van der Waals surface area contributed by atoms with Crippen LogP contribution in [0.5, 0.6) is 0 Å². The van der Waals surface area contributed by atoms with E-state index in [0.29, 0.717) is 0 Å². The third kappa shape index (κ3) is 2.08. The lowest BCUT2D eigenvalue weighted by molar-refractivity contribution is 0.604. The van der Waals surface area contributed by atoms with Crippen molar-refractivity contribution in [2.24, 2.45) is 5.14 Å². The van der Waals surface area contributed by atoms with Crippen molar-refractivity contribution >= 4 is 20.1 Å². The molecule has 1 aliphatic rings. The maximum Gasteiger partial charge on any atom is 0.238 e. The number of allylic oxidation sites excluding steroid dienone is 1. The zero-order valence-electron chi connectivity index (χ0n) is 6.44. The Morgan fingerprint density at radius 2 is 2.00 bits per heavy atom. The molecule has 1 aliphatic heterocycles. The van der Waals surface area contributed by atoms with Crippen LogP contribution in [0.25, 0.3) is 0 Å². The largest absolute Gasteiger partial charge is 0.238 e. The van der Waals surface area contributed by atoms with E-state index in [-0.39, 0.29) is 4.91 Å². The topological polar surface area (TPSA) is 60.2 Å². The van der Waals surface area contributed by atoms with E-state index < -0.39 is 20.1 Å². The lowest BCUT2D eigenvalue weighted by Crippen LogP contribution is -2.12. The highest BCUT2D eigenvalue weighted by Crippen LogP contribution is 2.48. The van der Waals surface area contributed by atoms with Crippen LogP contribution in [0.1, 0.15) is 0 Å². The van der Waals surface area contributed by atoms with Gasteiger partial charge in [0, 0.05) is 0 Å². The van der Waals surface area contributed by atoms with Crippen LogP contribution in [-0.4, -0.2) is 20.9 Å². The van der Waals surface area contributed by atoms with Crippen LogP contribution < -0.4 is 5.14 Å². The van der Waals surface area contributed by atoms with Gasteiger partial charge in [-0.15, -0.1) is 0 Å². The molecule has 0 spiro atoms. The second kappa shape index (κ2) is 2.36. The molecule has 0 aromatic carbocycles. The molecule has 0 saturated carbocycles. The first-order valence-electron chi connectivity index (χ1n) is 2.97. The van der Waals surface area contributed by atoms with Crippen LogP contribution in [0.3, 0.4) is 0 Å². The first-order valence-corrected chi connectivity index (χ1v) is 7.09. The molecule has 0 atom stereocenters. The molecule has 0 unspecified atom stereocenters. The molecule has 0 amide bonds. The molecule has 0 bridgehead atoms. The summed E-state index contributed by atoms with van der Waals surface area (Å²) in [7, 11) is -4.46. The number of sulfonamides is 1. The highest BCUT2D eigenvalue weighted by molar-refractivity contribution is 8.37. The summed E-state index contributed by atoms with van der Waals surface area (Å²) in [5, 5.41) is 8.55. The van der Waals surface area contributed by atoms with Crippen LogP contribution in [-0.2, 0) is 10.0 Å². The molecular weight excluding hydrogens is 182 g/mol. The van der Waals surface area contributed by atoms with Gasteiger partial charge in [0.1, 0.15) is 0 Å². The van der Waals surface area contributed by atoms with Crippen LogP contribution in [0, 0.1) is 0 Å². The van der Waals surface area contributed by atoms with Crippen LogP contribution in [0.2, 0.25) is 0 Å². The van der Waals surface area contributed by atoms with Crippen molar-refractivity contribution in [1.82, 2.24) is 0 Å². The first kappa shape index (κ1) is 8.83. The summed E-state index contributed by atoms with van der Waals surface area (Å²) < 4.78 is 21.6. The molecule has 0 aliphatic carbocycles. The van der Waals surface area contributed by atoms with Crippen molar-refractivity contribution < 1.29 is 8.42 Å². The summed E-state index contributed by atoms with van der Waals surface area (Å²) in [4.78, 5) is 0.248. The second-order valence-corrected chi connectivity index (χ2v) is 7.90. The van der Waals surface area contributed by atoms with E-state index >= 15 is 0 Å². The average Bonchev–Trinajstić information content (AvgIpc) is 2.07. The van der Waals surface area contributed by atoms with E-state index in [1.54, 1.807) is 11.5 Å². The van der Waals surface area contributed by atoms with Gasteiger partial charge in [0.05, 0.1) is 4.91 Å². The van der Waals surface area contributed by atoms with E-state index in [9.17, 15) is 8.42 Å². The number of hydrogen-bond donors (Lipinski definition) is 1. The Morgan fingerprint density at radius 1 is 1.45 bits per heavy atom. The molecule has 2 N–H and O–H groups in total. The number of primary sulfonamides is 1. The third-order valence-corrected chi connectivity index (χ3v) is 4.09. The number of rotatable bonds is 1. The minimum atomic E-state index is -3.48. The van der Waals surface area contributed by atoms with E-state index in [0.717, 1.165) is 0 Å². The van der Waals surface area contributed by atoms with E-state index in [1.807, 2.05) is 17.9 Å². The lowest BCUT2D eigenvalue weighted by Gasteiger charge is -2.17. The van der Waals surface area contributed by atoms with Gasteiger partial charge in [0.2, 0.25) is 10.0 Å². The zero-order valence-corrected chi connectivity index (χ0v) is 8.08. The summed E-state index contributed by atoms with van der Waals surface area (Å²) in [5.41, 5.74) is 0. The summed E-state index contributed by atoms with van der Waals surface area (Å²) in [5.74, 6) is 0. The molecule has 64 valence electrons. The van der Waals surface area contributed by atoms with Crippen molar-refractivity contribution in [3.63, 3.8) is 0 Å². The normalized spacial score (nSPS) is 24.8. The standard InChI is InChI=1S/C6H11NO2S2/c1-10(2)4-3-6(5-10)11(7,8)9/h3-5H,1-2H3,(H2,7,8,9). The Hall–Kier alpha value is -0.260. The predicted octanol–water partition coefficient (Wildman–Crippen LogP) is 0.708. The zero-order chi connectivity index (χ0) is 8.70. The summed E-state index contributed by atoms with van der Waals surface area (Å²) in [6, 6.07) is 0. The molecule has 0 fully saturated rings. The van der Waals surface area contributed by atoms with Crippen molar-refractivity contribution in [3.8, 4) is 0 Å². The minimum Gasteiger partial charge on any atom is -0.225 e. The number of hydrogen-bond acceptors (Lipinski definition) is 2. The van der Waals surface area contributed by atoms with Gasteiger partial charge >= 0.3 is 0 Å². The molecule has 5 heteroatoms. The SMILES string of the molecule is CS1(C)C=CC(S(N)(=O)=O)=C1. The van der Waals surface area contributed by atoms with Gasteiger partial charge in [-0.05, 0) is 29.4 Å². The monoisotopic (exact) mass is 193 g/mol. The highest BCUT2D eigenvalue weighted by atomic mass is 32.3. The molecule has 0 aromatic rings. The fraction of sp³-hybridized carbons (Fsp3) is 0.333.